The van der Waals surface area contributed by atoms with Gasteiger partial charge < -0.3 is 4.42 Å². The highest BCUT2D eigenvalue weighted by Crippen LogP contribution is 2.52. The first-order valence-electron chi connectivity index (χ1n) is 19.2. The van der Waals surface area contributed by atoms with E-state index in [4.69, 9.17) is 14.4 Å². The van der Waals surface area contributed by atoms with Gasteiger partial charge in [-0.3, -0.25) is 0 Å². The van der Waals surface area contributed by atoms with Crippen molar-refractivity contribution in [1.29, 1.82) is 0 Å². The van der Waals surface area contributed by atoms with Crippen molar-refractivity contribution in [2.24, 2.45) is 0 Å². The van der Waals surface area contributed by atoms with E-state index in [9.17, 15) is 0 Å². The van der Waals surface area contributed by atoms with Crippen molar-refractivity contribution in [3.05, 3.63) is 193 Å². The Bertz CT molecular complexity index is 3150. The summed E-state index contributed by atoms with van der Waals surface area (Å²) >= 11 is 0. The molecule has 0 atom stereocenters. The average molecular weight is 717 g/mol. The van der Waals surface area contributed by atoms with Gasteiger partial charge in [0.15, 0.2) is 5.82 Å². The largest absolute Gasteiger partial charge is 0.456 e. The van der Waals surface area contributed by atoms with Crippen molar-refractivity contribution in [2.75, 3.05) is 0 Å². The van der Waals surface area contributed by atoms with Gasteiger partial charge in [-0.25, -0.2) is 9.97 Å². The van der Waals surface area contributed by atoms with Gasteiger partial charge in [-0.05, 0) is 85.6 Å². The molecule has 8 aromatic carbocycles. The maximum Gasteiger partial charge on any atom is 0.160 e. The lowest BCUT2D eigenvalue weighted by Gasteiger charge is -2.24. The Labute approximate surface area is 325 Å². The summed E-state index contributed by atoms with van der Waals surface area (Å²) in [5, 5.41) is 4.50. The first-order valence-corrected chi connectivity index (χ1v) is 19.2. The Morgan fingerprint density at radius 1 is 0.375 bits per heavy atom. The summed E-state index contributed by atoms with van der Waals surface area (Å²) < 4.78 is 6.16. The number of benzene rings is 8. The van der Waals surface area contributed by atoms with Crippen LogP contribution in [0.4, 0.5) is 0 Å². The van der Waals surface area contributed by atoms with Gasteiger partial charge in [0.2, 0.25) is 0 Å². The minimum absolute atomic E-state index is 0.0746. The van der Waals surface area contributed by atoms with E-state index in [0.29, 0.717) is 5.82 Å². The fraction of sp³-hybridized carbons (Fsp3) is 0.0566. The van der Waals surface area contributed by atoms with Crippen LogP contribution in [0.2, 0.25) is 0 Å². The van der Waals surface area contributed by atoms with Crippen molar-refractivity contribution in [1.82, 2.24) is 9.97 Å². The van der Waals surface area contributed by atoms with Gasteiger partial charge in [0.05, 0.1) is 11.4 Å². The van der Waals surface area contributed by atoms with Gasteiger partial charge in [0.25, 0.3) is 0 Å². The Morgan fingerprint density at radius 3 is 1.79 bits per heavy atom. The number of hydrogen-bond donors (Lipinski definition) is 0. The minimum atomic E-state index is -0.0746. The van der Waals surface area contributed by atoms with Gasteiger partial charge in [0.1, 0.15) is 11.2 Å². The molecular formula is C53H36N2O. The SMILES string of the molecule is CC1(C)c2ccccc2-c2cccc(-c3ccc(-c4ccc(-c5cc(-c6ccc7oc8ccccc8c7c6)nc(-c6ccccc6)n5)c5ccccc45)cc3)c21. The Morgan fingerprint density at radius 2 is 0.964 bits per heavy atom. The highest BCUT2D eigenvalue weighted by atomic mass is 16.3. The van der Waals surface area contributed by atoms with E-state index in [1.807, 2.05) is 30.3 Å². The Hall–Kier alpha value is -7.10. The molecule has 0 bridgehead atoms. The van der Waals surface area contributed by atoms with Crippen LogP contribution >= 0.6 is 0 Å². The predicted octanol–water partition coefficient (Wildman–Crippen LogP) is 14.2. The zero-order chi connectivity index (χ0) is 37.4. The molecule has 2 aromatic heterocycles. The summed E-state index contributed by atoms with van der Waals surface area (Å²) in [7, 11) is 0. The summed E-state index contributed by atoms with van der Waals surface area (Å²) in [6, 6.07) is 64.8. The van der Waals surface area contributed by atoms with Gasteiger partial charge in [0, 0.05) is 32.9 Å². The molecule has 56 heavy (non-hydrogen) atoms. The summed E-state index contributed by atoms with van der Waals surface area (Å²) in [4.78, 5) is 10.4. The molecule has 0 unspecified atom stereocenters. The fourth-order valence-corrected chi connectivity index (χ4v) is 9.03. The van der Waals surface area contributed by atoms with E-state index >= 15 is 0 Å². The van der Waals surface area contributed by atoms with Crippen molar-refractivity contribution >= 4 is 32.7 Å². The molecule has 0 aliphatic heterocycles. The highest BCUT2D eigenvalue weighted by Gasteiger charge is 2.37. The molecule has 1 aliphatic rings. The second kappa shape index (κ2) is 12.5. The Balaban J connectivity index is 1.02. The van der Waals surface area contributed by atoms with Gasteiger partial charge in [-0.1, -0.05) is 166 Å². The molecule has 2 heterocycles. The molecule has 3 nitrogen and oxygen atoms in total. The van der Waals surface area contributed by atoms with E-state index < -0.39 is 0 Å². The van der Waals surface area contributed by atoms with Crippen molar-refractivity contribution < 1.29 is 4.42 Å². The molecular weight excluding hydrogens is 681 g/mol. The van der Waals surface area contributed by atoms with Crippen LogP contribution in [0.15, 0.2) is 186 Å². The maximum atomic E-state index is 6.16. The van der Waals surface area contributed by atoms with Crippen LogP contribution in [0, 0.1) is 0 Å². The molecule has 264 valence electrons. The number of para-hydroxylation sites is 1. The fourth-order valence-electron chi connectivity index (χ4n) is 9.03. The molecule has 0 saturated carbocycles. The monoisotopic (exact) mass is 716 g/mol. The quantitative estimate of drug-likeness (QED) is 0.178. The molecule has 0 N–H and O–H groups in total. The molecule has 0 saturated heterocycles. The highest BCUT2D eigenvalue weighted by molar-refractivity contribution is 6.07. The summed E-state index contributed by atoms with van der Waals surface area (Å²) in [5.74, 6) is 0.692. The first-order chi connectivity index (χ1) is 27.5. The van der Waals surface area contributed by atoms with E-state index in [-0.39, 0.29) is 5.41 Å². The lowest BCUT2D eigenvalue weighted by Crippen LogP contribution is -2.16. The van der Waals surface area contributed by atoms with E-state index in [1.165, 1.54) is 49.9 Å². The van der Waals surface area contributed by atoms with Gasteiger partial charge >= 0.3 is 0 Å². The molecule has 0 amide bonds. The number of rotatable bonds is 5. The van der Waals surface area contributed by atoms with Crippen LogP contribution in [0.3, 0.4) is 0 Å². The standard InChI is InChI=1S/C53H36N2O/c1-53(2)46-21-10-8-17-41(46)44-20-12-19-38(51(44)53)34-25-23-33(24-26-34)37-28-29-42(40-16-7-6-15-39(37)40)48-32-47(54-52(55-48)35-13-4-3-5-14-35)36-27-30-50-45(31-36)43-18-9-11-22-49(43)56-50/h3-32H,1-2H3. The molecule has 10 aromatic rings. The van der Waals surface area contributed by atoms with Gasteiger partial charge in [-0.15, -0.1) is 0 Å². The normalized spacial score (nSPS) is 13.0. The van der Waals surface area contributed by atoms with Crippen molar-refractivity contribution in [3.8, 4) is 67.3 Å². The smallest absolute Gasteiger partial charge is 0.160 e. The summed E-state index contributed by atoms with van der Waals surface area (Å²) in [5.41, 5.74) is 16.9. The van der Waals surface area contributed by atoms with Crippen LogP contribution in [0.25, 0.3) is 100.0 Å². The minimum Gasteiger partial charge on any atom is -0.456 e. The number of nitrogens with zero attached hydrogens (tertiary/aromatic N) is 2. The van der Waals surface area contributed by atoms with Crippen LogP contribution in [0.1, 0.15) is 25.0 Å². The zero-order valence-electron chi connectivity index (χ0n) is 31.1. The van der Waals surface area contributed by atoms with Crippen molar-refractivity contribution in [2.45, 2.75) is 19.3 Å². The summed E-state index contributed by atoms with van der Waals surface area (Å²) in [6.07, 6.45) is 0. The Kier molecular flexibility index (Phi) is 7.20. The second-order valence-electron chi connectivity index (χ2n) is 15.3. The number of hydrogen-bond acceptors (Lipinski definition) is 3. The molecule has 1 aliphatic carbocycles. The number of furan rings is 1. The third kappa shape index (κ3) is 5.05. The van der Waals surface area contributed by atoms with E-state index in [2.05, 4.69) is 166 Å². The molecule has 0 radical (unpaired) electrons. The molecule has 0 fully saturated rings. The van der Waals surface area contributed by atoms with Crippen molar-refractivity contribution in [3.63, 3.8) is 0 Å². The average Bonchev–Trinajstić information content (AvgIpc) is 3.75. The number of fused-ring (bicyclic) bond motifs is 7. The van der Waals surface area contributed by atoms with E-state index in [0.717, 1.165) is 55.4 Å². The third-order valence-electron chi connectivity index (χ3n) is 11.7. The maximum absolute atomic E-state index is 6.16. The predicted molar refractivity (Wildman–Crippen MR) is 232 cm³/mol. The summed E-state index contributed by atoms with van der Waals surface area (Å²) in [6.45, 7) is 4.71. The van der Waals surface area contributed by atoms with E-state index in [1.54, 1.807) is 0 Å². The van der Waals surface area contributed by atoms with Crippen LogP contribution in [0.5, 0.6) is 0 Å². The second-order valence-corrected chi connectivity index (χ2v) is 15.3. The molecule has 3 heteroatoms. The topological polar surface area (TPSA) is 38.9 Å². The van der Waals surface area contributed by atoms with Crippen LogP contribution in [-0.2, 0) is 5.41 Å². The third-order valence-corrected chi connectivity index (χ3v) is 11.7. The van der Waals surface area contributed by atoms with Crippen LogP contribution < -0.4 is 0 Å². The molecule has 11 rings (SSSR count). The lowest BCUT2D eigenvalue weighted by atomic mass is 9.79. The van der Waals surface area contributed by atoms with Gasteiger partial charge in [-0.2, -0.15) is 0 Å². The lowest BCUT2D eigenvalue weighted by molar-refractivity contribution is 0.662. The molecule has 0 spiro atoms. The zero-order valence-corrected chi connectivity index (χ0v) is 31.1. The number of aromatic nitrogens is 2. The first kappa shape index (κ1) is 32.3. The van der Waals surface area contributed by atoms with Crippen LogP contribution in [-0.4, -0.2) is 9.97 Å².